The number of carbonyl (C=O) groups is 1. The number of hydrogen-bond donors (Lipinski definition) is 0. The van der Waals surface area contributed by atoms with E-state index in [-0.39, 0.29) is 6.42 Å². The van der Waals surface area contributed by atoms with Gasteiger partial charge in [0.15, 0.2) is 5.65 Å². The predicted octanol–water partition coefficient (Wildman–Crippen LogP) is 3.24. The third-order valence-electron chi connectivity index (χ3n) is 4.21. The van der Waals surface area contributed by atoms with Crippen molar-refractivity contribution in [3.05, 3.63) is 62.8 Å². The fraction of sp³-hybridized carbons (Fsp3) is 0.278. The summed E-state index contributed by atoms with van der Waals surface area (Å²) >= 11 is 0. The number of halogens is 1. The van der Waals surface area contributed by atoms with E-state index < -0.39 is 28.1 Å². The molecule has 0 fully saturated rings. The fourth-order valence-corrected chi connectivity index (χ4v) is 2.92. The van der Waals surface area contributed by atoms with Crippen molar-refractivity contribution in [1.29, 1.82) is 0 Å². The van der Waals surface area contributed by atoms with E-state index in [1.54, 1.807) is 4.52 Å². The first kappa shape index (κ1) is 18.4. The Hall–Kier alpha value is -3.36. The summed E-state index contributed by atoms with van der Waals surface area (Å²) in [5, 5.41) is 15.4. The van der Waals surface area contributed by atoms with Crippen molar-refractivity contribution < 1.29 is 18.8 Å². The summed E-state index contributed by atoms with van der Waals surface area (Å²) in [7, 11) is 0. The van der Waals surface area contributed by atoms with E-state index in [2.05, 4.69) is 10.1 Å². The van der Waals surface area contributed by atoms with Crippen LogP contribution < -0.4 is 4.74 Å². The first-order valence-corrected chi connectivity index (χ1v) is 8.23. The molecule has 0 N–H and O–H groups in total. The Bertz CT molecular complexity index is 1060. The Morgan fingerprint density at radius 3 is 2.74 bits per heavy atom. The lowest BCUT2D eigenvalue weighted by molar-refractivity contribution is -0.385. The van der Waals surface area contributed by atoms with E-state index in [1.807, 2.05) is 26.8 Å². The molecule has 3 rings (SSSR count). The van der Waals surface area contributed by atoms with Crippen LogP contribution >= 0.6 is 0 Å². The minimum absolute atomic E-state index is 0.0389. The van der Waals surface area contributed by atoms with Crippen molar-refractivity contribution >= 4 is 17.3 Å². The minimum Gasteiger partial charge on any atom is -0.419 e. The van der Waals surface area contributed by atoms with Crippen LogP contribution in [0.1, 0.15) is 29.1 Å². The summed E-state index contributed by atoms with van der Waals surface area (Å²) in [6.07, 6.45) is 0.282. The molecule has 140 valence electrons. The number of ether oxygens (including phenoxy) is 1. The average molecular weight is 372 g/mol. The predicted molar refractivity (Wildman–Crippen MR) is 94.2 cm³/mol. The number of benzene rings is 1. The zero-order valence-corrected chi connectivity index (χ0v) is 15.0. The molecule has 3 aromatic rings. The third kappa shape index (κ3) is 3.76. The summed E-state index contributed by atoms with van der Waals surface area (Å²) in [6.45, 7) is 5.59. The van der Waals surface area contributed by atoms with Crippen LogP contribution in [0.5, 0.6) is 5.75 Å². The Morgan fingerprint density at radius 1 is 1.30 bits per heavy atom. The molecule has 0 atom stereocenters. The van der Waals surface area contributed by atoms with Crippen molar-refractivity contribution in [3.8, 4) is 5.75 Å². The summed E-state index contributed by atoms with van der Waals surface area (Å²) in [6, 6.07) is 4.59. The van der Waals surface area contributed by atoms with Gasteiger partial charge in [-0.3, -0.25) is 14.9 Å². The molecule has 2 aromatic heterocycles. The van der Waals surface area contributed by atoms with E-state index in [9.17, 15) is 19.3 Å². The van der Waals surface area contributed by atoms with E-state index in [0.717, 1.165) is 46.5 Å². The van der Waals surface area contributed by atoms with Crippen LogP contribution in [0, 0.1) is 36.7 Å². The molecular weight excluding hydrogens is 355 g/mol. The van der Waals surface area contributed by atoms with Gasteiger partial charge in [0.25, 0.3) is 0 Å². The second-order valence-electron chi connectivity index (χ2n) is 6.16. The van der Waals surface area contributed by atoms with E-state index >= 15 is 0 Å². The quantitative estimate of drug-likeness (QED) is 0.295. The summed E-state index contributed by atoms with van der Waals surface area (Å²) in [5.74, 6) is -1.83. The van der Waals surface area contributed by atoms with E-state index in [4.69, 9.17) is 4.74 Å². The van der Waals surface area contributed by atoms with Crippen molar-refractivity contribution in [2.45, 2.75) is 33.6 Å². The van der Waals surface area contributed by atoms with Crippen LogP contribution in [-0.2, 0) is 11.2 Å². The maximum absolute atomic E-state index is 13.3. The number of aromatic nitrogens is 3. The molecule has 0 spiro atoms. The first-order valence-electron chi connectivity index (χ1n) is 8.23. The monoisotopic (exact) mass is 372 g/mol. The maximum atomic E-state index is 13.3. The van der Waals surface area contributed by atoms with Crippen molar-refractivity contribution in [3.63, 3.8) is 0 Å². The number of hydrogen-bond acceptors (Lipinski definition) is 6. The maximum Gasteiger partial charge on any atom is 0.311 e. The Morgan fingerprint density at radius 2 is 2.04 bits per heavy atom. The molecule has 0 aliphatic rings. The Balaban J connectivity index is 1.78. The second kappa shape index (κ2) is 7.10. The van der Waals surface area contributed by atoms with Gasteiger partial charge in [0.05, 0.1) is 17.0 Å². The number of nitro benzene ring substituents is 1. The minimum atomic E-state index is -0.728. The molecule has 0 amide bonds. The zero-order valence-electron chi connectivity index (χ0n) is 15.0. The largest absolute Gasteiger partial charge is 0.419 e. The molecule has 2 heterocycles. The molecule has 0 aliphatic heterocycles. The lowest BCUT2D eigenvalue weighted by atomic mass is 10.1. The molecule has 9 heteroatoms. The van der Waals surface area contributed by atoms with E-state index in [1.165, 1.54) is 0 Å². The number of nitrogens with zero attached hydrogens (tertiary/aromatic N) is 4. The van der Waals surface area contributed by atoms with Gasteiger partial charge in [0, 0.05) is 29.6 Å². The molecule has 27 heavy (non-hydrogen) atoms. The molecule has 0 radical (unpaired) electrons. The van der Waals surface area contributed by atoms with Crippen LogP contribution in [0.15, 0.2) is 24.3 Å². The molecule has 1 aromatic carbocycles. The molecule has 0 aliphatic carbocycles. The first-order chi connectivity index (χ1) is 12.8. The van der Waals surface area contributed by atoms with Gasteiger partial charge in [-0.15, -0.1) is 0 Å². The van der Waals surface area contributed by atoms with Gasteiger partial charge in [0.1, 0.15) is 5.82 Å². The standard InChI is InChI=1S/C18H17FN4O4/c1-10-8-17-20-11(2)14(12(3)22(17)21-10)5-7-18(24)27-16-9-13(19)4-6-15(16)23(25)26/h4,6,8-9H,5,7H2,1-3H3. The highest BCUT2D eigenvalue weighted by Crippen LogP contribution is 2.28. The lowest BCUT2D eigenvalue weighted by Gasteiger charge is -2.11. The van der Waals surface area contributed by atoms with Crippen molar-refractivity contribution in [1.82, 2.24) is 14.6 Å². The smallest absolute Gasteiger partial charge is 0.311 e. The topological polar surface area (TPSA) is 99.6 Å². The van der Waals surface area contributed by atoms with Crippen LogP contribution in [-0.4, -0.2) is 25.5 Å². The van der Waals surface area contributed by atoms with Gasteiger partial charge in [-0.2, -0.15) is 5.10 Å². The number of aryl methyl sites for hydroxylation is 3. The van der Waals surface area contributed by atoms with Gasteiger partial charge in [-0.25, -0.2) is 13.9 Å². The van der Waals surface area contributed by atoms with Crippen LogP contribution in [0.2, 0.25) is 0 Å². The highest BCUT2D eigenvalue weighted by molar-refractivity contribution is 5.74. The summed E-state index contributed by atoms with van der Waals surface area (Å²) < 4.78 is 20.1. The summed E-state index contributed by atoms with van der Waals surface area (Å²) in [5.41, 5.74) is 3.56. The lowest BCUT2D eigenvalue weighted by Crippen LogP contribution is -2.13. The van der Waals surface area contributed by atoms with Gasteiger partial charge < -0.3 is 4.74 Å². The number of esters is 1. The molecule has 8 nitrogen and oxygen atoms in total. The number of nitro groups is 1. The summed E-state index contributed by atoms with van der Waals surface area (Å²) in [4.78, 5) is 26.9. The molecule has 0 saturated carbocycles. The molecule has 0 bridgehead atoms. The average Bonchev–Trinajstić information content (AvgIpc) is 2.94. The van der Waals surface area contributed by atoms with Crippen molar-refractivity contribution in [2.75, 3.05) is 0 Å². The number of fused-ring (bicyclic) bond motifs is 1. The van der Waals surface area contributed by atoms with Gasteiger partial charge in [0.2, 0.25) is 5.75 Å². The Labute approximate surface area is 153 Å². The molecule has 0 saturated heterocycles. The third-order valence-corrected chi connectivity index (χ3v) is 4.21. The van der Waals surface area contributed by atoms with Gasteiger partial charge in [-0.1, -0.05) is 0 Å². The second-order valence-corrected chi connectivity index (χ2v) is 6.16. The van der Waals surface area contributed by atoms with Crippen molar-refractivity contribution in [2.24, 2.45) is 0 Å². The highest BCUT2D eigenvalue weighted by atomic mass is 19.1. The van der Waals surface area contributed by atoms with Gasteiger partial charge >= 0.3 is 11.7 Å². The fourth-order valence-electron chi connectivity index (χ4n) is 2.92. The molecular formula is C18H17FN4O4. The SMILES string of the molecule is Cc1cc2nc(C)c(CCC(=O)Oc3cc(F)ccc3[N+](=O)[O-])c(C)n2n1. The van der Waals surface area contributed by atoms with Crippen LogP contribution in [0.4, 0.5) is 10.1 Å². The number of rotatable bonds is 5. The highest BCUT2D eigenvalue weighted by Gasteiger charge is 2.20. The van der Waals surface area contributed by atoms with Gasteiger partial charge in [-0.05, 0) is 38.8 Å². The molecule has 0 unspecified atom stereocenters. The van der Waals surface area contributed by atoms with Crippen LogP contribution in [0.25, 0.3) is 5.65 Å². The number of carbonyl (C=O) groups excluding carboxylic acids is 1. The van der Waals surface area contributed by atoms with Crippen LogP contribution in [0.3, 0.4) is 0 Å². The normalized spacial score (nSPS) is 11.0. The zero-order chi connectivity index (χ0) is 19.7. The Kier molecular flexibility index (Phi) is 4.85. The van der Waals surface area contributed by atoms with E-state index in [0.29, 0.717) is 6.42 Å².